The van der Waals surface area contributed by atoms with Crippen LogP contribution in [0.3, 0.4) is 0 Å². The molecule has 2 aliphatic heterocycles. The van der Waals surface area contributed by atoms with Crippen LogP contribution in [-0.4, -0.2) is 60.4 Å². The van der Waals surface area contributed by atoms with Crippen LogP contribution in [0.4, 0.5) is 0 Å². The van der Waals surface area contributed by atoms with Crippen molar-refractivity contribution in [2.45, 2.75) is 64.0 Å². The minimum atomic E-state index is -0.0958. The number of aryl methyl sites for hydroxylation is 2. The first-order chi connectivity index (χ1) is 14.5. The molecule has 0 atom stereocenters. The Morgan fingerprint density at radius 3 is 2.60 bits per heavy atom. The average molecular weight is 412 g/mol. The van der Waals surface area contributed by atoms with Gasteiger partial charge in [-0.1, -0.05) is 12.8 Å². The molecule has 4 heterocycles. The second-order valence-corrected chi connectivity index (χ2v) is 9.11. The Bertz CT molecular complexity index is 948. The van der Waals surface area contributed by atoms with Gasteiger partial charge < -0.3 is 14.8 Å². The van der Waals surface area contributed by atoms with Gasteiger partial charge in [-0.05, 0) is 43.6 Å². The number of hydrogen-bond donors (Lipinski definition) is 1. The molecule has 0 unspecified atom stereocenters. The van der Waals surface area contributed by atoms with E-state index >= 15 is 0 Å². The number of fused-ring (bicyclic) bond motifs is 1. The maximum Gasteiger partial charge on any atom is 0.289 e. The van der Waals surface area contributed by atoms with Gasteiger partial charge in [0.15, 0.2) is 0 Å². The number of likely N-dealkylation sites (tertiary alicyclic amines) is 1. The molecule has 1 saturated heterocycles. The fraction of sp³-hybridized carbons (Fsp3) is 0.667. The van der Waals surface area contributed by atoms with Gasteiger partial charge in [0.05, 0.1) is 0 Å². The number of carbonyl (C=O) groups is 2. The SMILES string of the molecule is Cn1nccc1C(=O)N1CCC2(CCc3nnc(C(=O)NC4CCCC4)n3C2)CC1. The summed E-state index contributed by atoms with van der Waals surface area (Å²) >= 11 is 0. The summed E-state index contributed by atoms with van der Waals surface area (Å²) in [5.41, 5.74) is 0.725. The predicted octanol–water partition coefficient (Wildman–Crippen LogP) is 1.55. The van der Waals surface area contributed by atoms with Crippen LogP contribution in [0.2, 0.25) is 0 Å². The van der Waals surface area contributed by atoms with Crippen LogP contribution >= 0.6 is 0 Å². The Morgan fingerprint density at radius 1 is 1.13 bits per heavy atom. The molecule has 2 amide bonds. The average Bonchev–Trinajstić information content (AvgIpc) is 3.49. The van der Waals surface area contributed by atoms with E-state index in [1.165, 1.54) is 12.8 Å². The highest BCUT2D eigenvalue weighted by Gasteiger charge is 2.41. The Balaban J connectivity index is 1.27. The van der Waals surface area contributed by atoms with E-state index in [9.17, 15) is 9.59 Å². The fourth-order valence-corrected chi connectivity index (χ4v) is 5.30. The number of rotatable bonds is 3. The van der Waals surface area contributed by atoms with Gasteiger partial charge in [0.1, 0.15) is 11.5 Å². The first-order valence-corrected chi connectivity index (χ1v) is 11.0. The zero-order valence-electron chi connectivity index (χ0n) is 17.5. The molecule has 9 nitrogen and oxygen atoms in total. The summed E-state index contributed by atoms with van der Waals surface area (Å²) in [4.78, 5) is 27.5. The van der Waals surface area contributed by atoms with Crippen molar-refractivity contribution in [1.29, 1.82) is 0 Å². The van der Waals surface area contributed by atoms with Crippen molar-refractivity contribution in [2.24, 2.45) is 12.5 Å². The number of piperidine rings is 1. The van der Waals surface area contributed by atoms with E-state index in [1.54, 1.807) is 24.0 Å². The van der Waals surface area contributed by atoms with Crippen LogP contribution in [0.15, 0.2) is 12.3 Å². The van der Waals surface area contributed by atoms with Crippen LogP contribution in [0.25, 0.3) is 0 Å². The monoisotopic (exact) mass is 411 g/mol. The molecule has 2 aromatic rings. The Labute approximate surface area is 175 Å². The predicted molar refractivity (Wildman–Crippen MR) is 109 cm³/mol. The first-order valence-electron chi connectivity index (χ1n) is 11.0. The molecule has 30 heavy (non-hydrogen) atoms. The molecule has 1 spiro atoms. The van der Waals surface area contributed by atoms with Crippen molar-refractivity contribution in [3.63, 3.8) is 0 Å². The summed E-state index contributed by atoms with van der Waals surface area (Å²) < 4.78 is 3.67. The lowest BCUT2D eigenvalue weighted by atomic mass is 9.73. The summed E-state index contributed by atoms with van der Waals surface area (Å²) in [7, 11) is 1.80. The molecule has 5 rings (SSSR count). The van der Waals surface area contributed by atoms with Crippen molar-refractivity contribution < 1.29 is 9.59 Å². The van der Waals surface area contributed by atoms with Crippen molar-refractivity contribution >= 4 is 11.8 Å². The minimum Gasteiger partial charge on any atom is -0.347 e. The molecule has 9 heteroatoms. The van der Waals surface area contributed by atoms with Gasteiger partial charge in [0, 0.05) is 45.3 Å². The van der Waals surface area contributed by atoms with E-state index < -0.39 is 0 Å². The first kappa shape index (κ1) is 19.3. The molecule has 1 aliphatic carbocycles. The second kappa shape index (κ2) is 7.52. The second-order valence-electron chi connectivity index (χ2n) is 9.11. The van der Waals surface area contributed by atoms with Crippen molar-refractivity contribution in [3.05, 3.63) is 29.6 Å². The van der Waals surface area contributed by atoms with Gasteiger partial charge in [0.25, 0.3) is 11.8 Å². The summed E-state index contributed by atoms with van der Waals surface area (Å²) in [5, 5.41) is 15.8. The molecule has 1 saturated carbocycles. The van der Waals surface area contributed by atoms with E-state index in [2.05, 4.69) is 20.6 Å². The largest absolute Gasteiger partial charge is 0.347 e. The quantitative estimate of drug-likeness (QED) is 0.826. The summed E-state index contributed by atoms with van der Waals surface area (Å²) in [5.74, 6) is 1.30. The molecule has 2 aromatic heterocycles. The summed E-state index contributed by atoms with van der Waals surface area (Å²) in [6.45, 7) is 2.21. The van der Waals surface area contributed by atoms with Gasteiger partial charge in [-0.2, -0.15) is 5.10 Å². The normalized spacial score (nSPS) is 21.0. The Kier molecular flexibility index (Phi) is 4.83. The van der Waals surface area contributed by atoms with Crippen LogP contribution in [0.1, 0.15) is 71.9 Å². The Hall–Kier alpha value is -2.71. The van der Waals surface area contributed by atoms with Gasteiger partial charge in [-0.25, -0.2) is 0 Å². The van der Waals surface area contributed by atoms with Crippen molar-refractivity contribution in [1.82, 2.24) is 34.8 Å². The van der Waals surface area contributed by atoms with E-state index in [1.807, 2.05) is 9.47 Å². The number of aromatic nitrogens is 5. The molecule has 3 aliphatic rings. The number of nitrogens with one attached hydrogen (secondary N) is 1. The zero-order chi connectivity index (χ0) is 20.7. The van der Waals surface area contributed by atoms with Crippen LogP contribution in [0, 0.1) is 5.41 Å². The van der Waals surface area contributed by atoms with E-state index in [0.29, 0.717) is 11.5 Å². The highest BCUT2D eigenvalue weighted by Crippen LogP contribution is 2.41. The van der Waals surface area contributed by atoms with Crippen LogP contribution in [0.5, 0.6) is 0 Å². The Morgan fingerprint density at radius 2 is 1.90 bits per heavy atom. The minimum absolute atomic E-state index is 0.0438. The third kappa shape index (κ3) is 3.40. The molecule has 1 N–H and O–H groups in total. The van der Waals surface area contributed by atoms with Gasteiger partial charge in [-0.3, -0.25) is 14.3 Å². The molecule has 0 radical (unpaired) electrons. The lowest BCUT2D eigenvalue weighted by Crippen LogP contribution is -2.47. The van der Waals surface area contributed by atoms with E-state index in [-0.39, 0.29) is 23.3 Å². The number of amides is 2. The molecular formula is C21H29N7O2. The van der Waals surface area contributed by atoms with Gasteiger partial charge in [-0.15, -0.1) is 10.2 Å². The maximum atomic E-state index is 12.8. The highest BCUT2D eigenvalue weighted by atomic mass is 16.2. The standard InChI is InChI=1S/C21H29N7O2/c1-26-16(7-11-22-26)20(30)27-12-9-21(10-13-27)8-6-17-24-25-18(28(17)14-21)19(29)23-15-4-2-3-5-15/h7,11,15H,2-6,8-10,12-14H2,1H3,(H,23,29). The zero-order valence-corrected chi connectivity index (χ0v) is 17.5. The molecule has 160 valence electrons. The summed E-state index contributed by atoms with van der Waals surface area (Å²) in [6.07, 6.45) is 9.85. The van der Waals surface area contributed by atoms with Crippen molar-refractivity contribution in [3.8, 4) is 0 Å². The molecule has 2 fully saturated rings. The lowest BCUT2D eigenvalue weighted by molar-refractivity contribution is 0.0456. The number of carbonyl (C=O) groups excluding carboxylic acids is 2. The topological polar surface area (TPSA) is 97.9 Å². The number of hydrogen-bond acceptors (Lipinski definition) is 5. The maximum absolute atomic E-state index is 12.8. The van der Waals surface area contributed by atoms with E-state index in [4.69, 9.17) is 0 Å². The third-order valence-corrected chi connectivity index (χ3v) is 7.24. The van der Waals surface area contributed by atoms with Crippen LogP contribution in [-0.2, 0) is 20.0 Å². The fourth-order valence-electron chi connectivity index (χ4n) is 5.30. The third-order valence-electron chi connectivity index (χ3n) is 7.24. The molecule has 0 aromatic carbocycles. The van der Waals surface area contributed by atoms with Crippen molar-refractivity contribution in [2.75, 3.05) is 13.1 Å². The molecular weight excluding hydrogens is 382 g/mol. The number of nitrogens with zero attached hydrogens (tertiary/aromatic N) is 6. The van der Waals surface area contributed by atoms with Crippen LogP contribution < -0.4 is 5.32 Å². The van der Waals surface area contributed by atoms with Gasteiger partial charge in [0.2, 0.25) is 5.82 Å². The van der Waals surface area contributed by atoms with Gasteiger partial charge >= 0.3 is 0 Å². The highest BCUT2D eigenvalue weighted by molar-refractivity contribution is 5.92. The molecule has 0 bridgehead atoms. The lowest BCUT2D eigenvalue weighted by Gasteiger charge is -2.44. The smallest absolute Gasteiger partial charge is 0.289 e. The van der Waals surface area contributed by atoms with E-state index in [0.717, 1.165) is 64.0 Å². The summed E-state index contributed by atoms with van der Waals surface area (Å²) in [6, 6.07) is 2.04.